The Morgan fingerprint density at radius 2 is 1.88 bits per heavy atom. The minimum Gasteiger partial charge on any atom is -0.354 e. The van der Waals surface area contributed by atoms with Gasteiger partial charge in [0.2, 0.25) is 18.5 Å². The van der Waals surface area contributed by atoms with Crippen LogP contribution in [0, 0.1) is 11.6 Å². The lowest BCUT2D eigenvalue weighted by Gasteiger charge is -2.11. The van der Waals surface area contributed by atoms with Gasteiger partial charge in [0.1, 0.15) is 28.7 Å². The number of nitrogens with zero attached hydrogens (tertiary/aromatic N) is 4. The van der Waals surface area contributed by atoms with E-state index in [1.165, 1.54) is 41.2 Å². The first kappa shape index (κ1) is 22.1. The molecule has 3 aromatic heterocycles. The Hall–Kier alpha value is -3.67. The summed E-state index contributed by atoms with van der Waals surface area (Å²) in [5.74, 6) is -1.63. The fraction of sp³-hybridized carbons (Fsp3) is 0.0909. The van der Waals surface area contributed by atoms with Crippen LogP contribution < -0.4 is 4.68 Å². The predicted octanol–water partition coefficient (Wildman–Crippen LogP) is 5.68. The molecule has 34 heavy (non-hydrogen) atoms. The number of hydrogen-bond donors (Lipinski definition) is 1. The molecular formula is C22H12BrF5N5O+. The third kappa shape index (κ3) is 4.16. The first-order chi connectivity index (χ1) is 16.2. The van der Waals surface area contributed by atoms with Crippen molar-refractivity contribution >= 4 is 27.0 Å². The van der Waals surface area contributed by atoms with Crippen molar-refractivity contribution in [2.24, 2.45) is 0 Å². The van der Waals surface area contributed by atoms with Crippen molar-refractivity contribution in [2.45, 2.75) is 12.7 Å². The molecule has 3 heterocycles. The average molecular weight is 537 g/mol. The van der Waals surface area contributed by atoms with E-state index >= 15 is 0 Å². The molecule has 0 saturated carbocycles. The Morgan fingerprint density at radius 1 is 1.06 bits per heavy atom. The summed E-state index contributed by atoms with van der Waals surface area (Å²) in [6.45, 7) is 0.0590. The van der Waals surface area contributed by atoms with E-state index in [0.717, 1.165) is 12.1 Å². The van der Waals surface area contributed by atoms with E-state index in [2.05, 4.69) is 36.2 Å². The summed E-state index contributed by atoms with van der Waals surface area (Å²) in [5, 5.41) is 7.97. The van der Waals surface area contributed by atoms with Crippen molar-refractivity contribution in [3.63, 3.8) is 0 Å². The summed E-state index contributed by atoms with van der Waals surface area (Å²) < 4.78 is 74.9. The highest BCUT2D eigenvalue weighted by molar-refractivity contribution is 9.10. The van der Waals surface area contributed by atoms with Crippen molar-refractivity contribution in [2.75, 3.05) is 0 Å². The SMILES string of the molecule is Fc1cccc(-c2nc3cn[n+](Cc4cc(-c5ccc(Br)cc5C(F)(F)F)no4)cc3[nH]2)c1F. The van der Waals surface area contributed by atoms with Gasteiger partial charge in [-0.3, -0.25) is 0 Å². The zero-order valence-electron chi connectivity index (χ0n) is 16.9. The fourth-order valence-electron chi connectivity index (χ4n) is 3.46. The fourth-order valence-corrected chi connectivity index (χ4v) is 3.82. The molecule has 6 nitrogen and oxygen atoms in total. The third-order valence-electron chi connectivity index (χ3n) is 5.01. The van der Waals surface area contributed by atoms with Crippen LogP contribution in [-0.4, -0.2) is 20.2 Å². The third-order valence-corrected chi connectivity index (χ3v) is 5.51. The minimum atomic E-state index is -4.57. The van der Waals surface area contributed by atoms with Crippen molar-refractivity contribution in [1.29, 1.82) is 0 Å². The maximum atomic E-state index is 14.1. The van der Waals surface area contributed by atoms with E-state index in [-0.39, 0.29) is 39.4 Å². The molecule has 0 fully saturated rings. The van der Waals surface area contributed by atoms with Crippen LogP contribution >= 0.6 is 15.9 Å². The molecule has 12 heteroatoms. The highest BCUT2D eigenvalue weighted by Crippen LogP contribution is 2.38. The zero-order chi connectivity index (χ0) is 24.0. The van der Waals surface area contributed by atoms with Gasteiger partial charge >= 0.3 is 6.18 Å². The quantitative estimate of drug-likeness (QED) is 0.237. The first-order valence-corrected chi connectivity index (χ1v) is 10.5. The van der Waals surface area contributed by atoms with Crippen LogP contribution in [0.2, 0.25) is 0 Å². The lowest BCUT2D eigenvalue weighted by Crippen LogP contribution is -2.37. The van der Waals surface area contributed by atoms with Crippen LogP contribution in [0.1, 0.15) is 11.3 Å². The Labute approximate surface area is 196 Å². The summed E-state index contributed by atoms with van der Waals surface area (Å²) in [4.78, 5) is 7.14. The number of aromatic nitrogens is 5. The van der Waals surface area contributed by atoms with E-state index < -0.39 is 23.4 Å². The topological polar surface area (TPSA) is 71.5 Å². The molecule has 172 valence electrons. The molecular weight excluding hydrogens is 525 g/mol. The van der Waals surface area contributed by atoms with E-state index in [9.17, 15) is 22.0 Å². The molecule has 1 N–H and O–H groups in total. The van der Waals surface area contributed by atoms with Gasteiger partial charge in [-0.1, -0.05) is 37.9 Å². The van der Waals surface area contributed by atoms with Crippen LogP contribution in [0.4, 0.5) is 22.0 Å². The standard InChI is InChI=1S/C22H11BrF5N5O/c23-11-4-5-13(15(6-11)22(26,27)28)17-7-12(34-32-17)9-33-10-19-18(8-29-33)30-21(31-19)14-2-1-3-16(24)20(14)25/h1-8,10H,9H2/p+1. The molecule has 0 atom stereocenters. The summed E-state index contributed by atoms with van der Waals surface area (Å²) in [6.07, 6.45) is -1.59. The Kier molecular flexibility index (Phi) is 5.39. The van der Waals surface area contributed by atoms with Crippen molar-refractivity contribution in [3.05, 3.63) is 82.3 Å². The Bertz CT molecular complexity index is 1530. The molecule has 0 saturated heterocycles. The smallest absolute Gasteiger partial charge is 0.354 e. The Balaban J connectivity index is 1.44. The second-order valence-electron chi connectivity index (χ2n) is 7.32. The van der Waals surface area contributed by atoms with Gasteiger partial charge in [-0.05, 0) is 29.4 Å². The molecule has 5 aromatic rings. The van der Waals surface area contributed by atoms with Crippen LogP contribution in [0.3, 0.4) is 0 Å². The van der Waals surface area contributed by atoms with Crippen molar-refractivity contribution < 1.29 is 31.2 Å². The number of benzene rings is 2. The second-order valence-corrected chi connectivity index (χ2v) is 8.24. The number of imidazole rings is 1. The molecule has 0 aliphatic heterocycles. The van der Waals surface area contributed by atoms with E-state index in [0.29, 0.717) is 11.0 Å². The van der Waals surface area contributed by atoms with E-state index in [4.69, 9.17) is 4.52 Å². The minimum absolute atomic E-state index is 0.0295. The van der Waals surface area contributed by atoms with Gasteiger partial charge in [0.05, 0.1) is 11.1 Å². The maximum absolute atomic E-state index is 14.1. The van der Waals surface area contributed by atoms with Crippen LogP contribution in [0.5, 0.6) is 0 Å². The zero-order valence-corrected chi connectivity index (χ0v) is 18.5. The van der Waals surface area contributed by atoms with Gasteiger partial charge in [0, 0.05) is 16.1 Å². The first-order valence-electron chi connectivity index (χ1n) is 9.71. The molecule has 0 bridgehead atoms. The van der Waals surface area contributed by atoms with Crippen LogP contribution in [0.15, 0.2) is 63.9 Å². The molecule has 0 spiro atoms. The number of alkyl halides is 3. The monoisotopic (exact) mass is 536 g/mol. The highest BCUT2D eigenvalue weighted by atomic mass is 79.9. The number of nitrogens with one attached hydrogen (secondary N) is 1. The van der Waals surface area contributed by atoms with Crippen LogP contribution in [-0.2, 0) is 12.7 Å². The van der Waals surface area contributed by atoms with E-state index in [1.807, 2.05) is 0 Å². The van der Waals surface area contributed by atoms with Gasteiger partial charge in [-0.15, -0.1) is 0 Å². The van der Waals surface area contributed by atoms with Gasteiger partial charge in [0.15, 0.2) is 11.6 Å². The lowest BCUT2D eigenvalue weighted by molar-refractivity contribution is -0.746. The summed E-state index contributed by atoms with van der Waals surface area (Å²) in [7, 11) is 0. The summed E-state index contributed by atoms with van der Waals surface area (Å²) >= 11 is 3.05. The maximum Gasteiger partial charge on any atom is 0.417 e. The lowest BCUT2D eigenvalue weighted by atomic mass is 10.0. The number of aromatic amines is 1. The molecule has 0 radical (unpaired) electrons. The van der Waals surface area contributed by atoms with Gasteiger partial charge in [-0.2, -0.15) is 13.2 Å². The van der Waals surface area contributed by atoms with E-state index in [1.54, 1.807) is 6.20 Å². The molecule has 2 aromatic carbocycles. The molecule has 5 rings (SSSR count). The summed E-state index contributed by atoms with van der Waals surface area (Å²) in [5.41, 5.74) is -0.0593. The van der Waals surface area contributed by atoms with Gasteiger partial charge in [-0.25, -0.2) is 13.8 Å². The average Bonchev–Trinajstić information content (AvgIpc) is 3.42. The molecule has 0 aliphatic carbocycles. The van der Waals surface area contributed by atoms with Crippen LogP contribution in [0.25, 0.3) is 33.7 Å². The number of rotatable bonds is 4. The van der Waals surface area contributed by atoms with Crippen molar-refractivity contribution in [3.8, 4) is 22.6 Å². The molecule has 0 aliphatic rings. The Morgan fingerprint density at radius 3 is 2.68 bits per heavy atom. The number of fused-ring (bicyclic) bond motifs is 1. The van der Waals surface area contributed by atoms with Crippen molar-refractivity contribution in [1.82, 2.24) is 20.2 Å². The molecule has 0 unspecified atom stereocenters. The number of H-pyrrole nitrogens is 1. The normalized spacial score (nSPS) is 11.9. The molecule has 0 amide bonds. The number of halogens is 6. The largest absolute Gasteiger partial charge is 0.417 e. The predicted molar refractivity (Wildman–Crippen MR) is 113 cm³/mol. The summed E-state index contributed by atoms with van der Waals surface area (Å²) in [6, 6.07) is 8.95. The highest BCUT2D eigenvalue weighted by Gasteiger charge is 2.34. The number of hydrogen-bond acceptors (Lipinski definition) is 4. The second kappa shape index (κ2) is 8.28. The van der Waals surface area contributed by atoms with Gasteiger partial charge < -0.3 is 9.51 Å². The van der Waals surface area contributed by atoms with Gasteiger partial charge in [0.25, 0.3) is 0 Å².